The molecule has 1 aliphatic rings. The molecule has 1 saturated heterocycles. The number of nitrogens with zero attached hydrogens (tertiary/aromatic N) is 3. The number of aliphatic imine (C=N–C) groups is 1. The van der Waals surface area contributed by atoms with Gasteiger partial charge in [0.2, 0.25) is 16.1 Å². The number of sulfonamides is 1. The molecular formula is C9H12N4O4S. The number of nitrogens with one attached hydrogen (secondary N) is 1. The van der Waals surface area contributed by atoms with Gasteiger partial charge >= 0.3 is 0 Å². The molecule has 0 saturated carbocycles. The first-order chi connectivity index (χ1) is 8.57. The fraction of sp³-hybridized carbons (Fsp3) is 0.556. The number of rotatable bonds is 3. The van der Waals surface area contributed by atoms with Gasteiger partial charge in [-0.25, -0.2) is 13.2 Å². The Kier molecular flexibility index (Phi) is 3.58. The van der Waals surface area contributed by atoms with Crippen molar-refractivity contribution in [2.24, 2.45) is 4.99 Å². The Labute approximate surface area is 104 Å². The topological polar surface area (TPSA) is 105 Å². The number of aryl methyl sites for hydroxylation is 1. The van der Waals surface area contributed by atoms with Gasteiger partial charge in [-0.1, -0.05) is 0 Å². The van der Waals surface area contributed by atoms with E-state index >= 15 is 0 Å². The van der Waals surface area contributed by atoms with E-state index < -0.39 is 16.2 Å². The van der Waals surface area contributed by atoms with E-state index in [1.807, 2.05) is 0 Å². The van der Waals surface area contributed by atoms with Crippen LogP contribution in [0, 0.1) is 6.92 Å². The number of isocyanates is 1. The monoisotopic (exact) mass is 272 g/mol. The SMILES string of the molecule is Cc1[nH]ncc1S(=O)(=O)N1CCOCC1N=C=O. The summed E-state index contributed by atoms with van der Waals surface area (Å²) in [7, 11) is -3.73. The molecule has 1 fully saturated rings. The van der Waals surface area contributed by atoms with Gasteiger partial charge in [0.1, 0.15) is 4.90 Å². The first-order valence-electron chi connectivity index (χ1n) is 5.24. The van der Waals surface area contributed by atoms with E-state index in [1.54, 1.807) is 6.92 Å². The number of morpholine rings is 1. The second-order valence-electron chi connectivity index (χ2n) is 3.75. The van der Waals surface area contributed by atoms with E-state index in [0.29, 0.717) is 5.69 Å². The van der Waals surface area contributed by atoms with Gasteiger partial charge in [-0.05, 0) is 6.92 Å². The number of carbonyl (C=O) groups excluding carboxylic acids is 1. The maximum atomic E-state index is 12.4. The highest BCUT2D eigenvalue weighted by Crippen LogP contribution is 2.22. The van der Waals surface area contributed by atoms with Crippen LogP contribution in [0.15, 0.2) is 16.1 Å². The number of H-pyrrole nitrogens is 1. The van der Waals surface area contributed by atoms with Crippen LogP contribution in [0.3, 0.4) is 0 Å². The van der Waals surface area contributed by atoms with Crippen molar-refractivity contribution < 1.29 is 17.9 Å². The summed E-state index contributed by atoms with van der Waals surface area (Å²) in [5.74, 6) is 0. The summed E-state index contributed by atoms with van der Waals surface area (Å²) in [4.78, 5) is 13.8. The molecule has 18 heavy (non-hydrogen) atoms. The first-order valence-corrected chi connectivity index (χ1v) is 6.68. The zero-order valence-electron chi connectivity index (χ0n) is 9.66. The van der Waals surface area contributed by atoms with Gasteiger partial charge in [-0.15, -0.1) is 0 Å². The Hall–Kier alpha value is -1.54. The smallest absolute Gasteiger partial charge is 0.248 e. The highest BCUT2D eigenvalue weighted by molar-refractivity contribution is 7.89. The van der Waals surface area contributed by atoms with E-state index in [0.717, 1.165) is 4.31 Å². The van der Waals surface area contributed by atoms with Crippen molar-refractivity contribution in [3.05, 3.63) is 11.9 Å². The summed E-state index contributed by atoms with van der Waals surface area (Å²) in [6.45, 7) is 2.06. The maximum Gasteiger partial charge on any atom is 0.248 e. The molecule has 1 aromatic heterocycles. The van der Waals surface area contributed by atoms with Crippen molar-refractivity contribution in [2.75, 3.05) is 19.8 Å². The van der Waals surface area contributed by atoms with Gasteiger partial charge in [0.05, 0.1) is 25.1 Å². The molecule has 1 atom stereocenters. The maximum absolute atomic E-state index is 12.4. The Morgan fingerprint density at radius 1 is 1.67 bits per heavy atom. The normalized spacial score (nSPS) is 21.5. The van der Waals surface area contributed by atoms with Gasteiger partial charge in [-0.2, -0.15) is 14.4 Å². The molecule has 9 heteroatoms. The van der Waals surface area contributed by atoms with Crippen molar-refractivity contribution in [1.29, 1.82) is 0 Å². The summed E-state index contributed by atoms with van der Waals surface area (Å²) >= 11 is 0. The molecule has 0 radical (unpaired) electrons. The number of hydrogen-bond acceptors (Lipinski definition) is 6. The van der Waals surface area contributed by atoms with Gasteiger partial charge in [0, 0.05) is 6.54 Å². The Morgan fingerprint density at radius 2 is 2.44 bits per heavy atom. The van der Waals surface area contributed by atoms with E-state index in [2.05, 4.69) is 15.2 Å². The first kappa shape index (κ1) is 12.9. The minimum atomic E-state index is -3.73. The van der Waals surface area contributed by atoms with Crippen LogP contribution in [-0.2, 0) is 19.6 Å². The molecule has 0 aromatic carbocycles. The van der Waals surface area contributed by atoms with Crippen LogP contribution in [0.2, 0.25) is 0 Å². The fourth-order valence-electron chi connectivity index (χ4n) is 1.74. The van der Waals surface area contributed by atoms with Crippen LogP contribution < -0.4 is 0 Å². The molecule has 98 valence electrons. The third kappa shape index (κ3) is 2.21. The lowest BCUT2D eigenvalue weighted by atomic mass is 10.4. The largest absolute Gasteiger partial charge is 0.376 e. The van der Waals surface area contributed by atoms with Gasteiger partial charge < -0.3 is 4.74 Å². The van der Waals surface area contributed by atoms with E-state index in [4.69, 9.17) is 4.74 Å². The third-order valence-electron chi connectivity index (χ3n) is 2.63. The molecule has 2 rings (SSSR count). The summed E-state index contributed by atoms with van der Waals surface area (Å²) in [6.07, 6.45) is 1.74. The van der Waals surface area contributed by atoms with Crippen LogP contribution in [0.5, 0.6) is 0 Å². The van der Waals surface area contributed by atoms with Gasteiger partial charge in [0.25, 0.3) is 0 Å². The van der Waals surface area contributed by atoms with Crippen LogP contribution in [-0.4, -0.2) is 54.9 Å². The second kappa shape index (κ2) is 4.99. The summed E-state index contributed by atoms with van der Waals surface area (Å²) in [5.41, 5.74) is 0.440. The molecule has 8 nitrogen and oxygen atoms in total. The number of ether oxygens (including phenoxy) is 1. The number of aromatic amines is 1. The predicted molar refractivity (Wildman–Crippen MR) is 59.9 cm³/mol. The second-order valence-corrected chi connectivity index (χ2v) is 5.61. The predicted octanol–water partition coefficient (Wildman–Crippen LogP) is -0.599. The van der Waals surface area contributed by atoms with Gasteiger partial charge in [0.15, 0.2) is 6.17 Å². The van der Waals surface area contributed by atoms with Crippen molar-refractivity contribution >= 4 is 16.1 Å². The molecule has 0 spiro atoms. The average Bonchev–Trinajstić information content (AvgIpc) is 2.77. The summed E-state index contributed by atoms with van der Waals surface area (Å²) in [6, 6.07) is 0. The molecule has 2 heterocycles. The van der Waals surface area contributed by atoms with E-state index in [-0.39, 0.29) is 24.7 Å². The van der Waals surface area contributed by atoms with Crippen molar-refractivity contribution in [2.45, 2.75) is 18.0 Å². The molecule has 1 unspecified atom stereocenters. The third-order valence-corrected chi connectivity index (χ3v) is 4.64. The standard InChI is InChI=1S/C9H12N4O4S/c1-7-8(4-11-12-7)18(15,16)13-2-3-17-5-9(13)10-6-14/h4,9H,2-3,5H2,1H3,(H,11,12). The van der Waals surface area contributed by atoms with Crippen LogP contribution in [0.4, 0.5) is 0 Å². The average molecular weight is 272 g/mol. The fourth-order valence-corrected chi connectivity index (χ4v) is 3.36. The zero-order valence-corrected chi connectivity index (χ0v) is 10.5. The Bertz CT molecular complexity index is 575. The lowest BCUT2D eigenvalue weighted by Gasteiger charge is -2.30. The summed E-state index contributed by atoms with van der Waals surface area (Å²) < 4.78 is 31.0. The van der Waals surface area contributed by atoms with Crippen LogP contribution in [0.25, 0.3) is 0 Å². The molecule has 0 amide bonds. The number of aromatic nitrogens is 2. The zero-order chi connectivity index (χ0) is 13.2. The Morgan fingerprint density at radius 3 is 3.06 bits per heavy atom. The summed E-state index contributed by atoms with van der Waals surface area (Å²) in [5, 5.41) is 6.25. The minimum Gasteiger partial charge on any atom is -0.376 e. The molecule has 1 aromatic rings. The highest BCUT2D eigenvalue weighted by Gasteiger charge is 2.35. The molecular weight excluding hydrogens is 260 g/mol. The van der Waals surface area contributed by atoms with Gasteiger partial charge in [-0.3, -0.25) is 5.10 Å². The molecule has 1 aliphatic heterocycles. The van der Waals surface area contributed by atoms with Crippen LogP contribution in [0.1, 0.15) is 5.69 Å². The molecule has 0 bridgehead atoms. The lowest BCUT2D eigenvalue weighted by Crippen LogP contribution is -2.47. The van der Waals surface area contributed by atoms with Crippen molar-refractivity contribution in [3.8, 4) is 0 Å². The highest BCUT2D eigenvalue weighted by atomic mass is 32.2. The van der Waals surface area contributed by atoms with Crippen molar-refractivity contribution in [3.63, 3.8) is 0 Å². The van der Waals surface area contributed by atoms with E-state index in [1.165, 1.54) is 12.3 Å². The lowest BCUT2D eigenvalue weighted by molar-refractivity contribution is 0.0359. The van der Waals surface area contributed by atoms with Crippen LogP contribution >= 0.6 is 0 Å². The quantitative estimate of drug-likeness (QED) is 0.584. The Balaban J connectivity index is 2.39. The molecule has 1 N–H and O–H groups in total. The van der Waals surface area contributed by atoms with E-state index in [9.17, 15) is 13.2 Å². The number of hydrogen-bond donors (Lipinski definition) is 1. The molecule has 0 aliphatic carbocycles. The van der Waals surface area contributed by atoms with Crippen molar-refractivity contribution in [1.82, 2.24) is 14.5 Å². The minimum absolute atomic E-state index is 0.0470.